The number of alkyl halides is 3. The highest BCUT2D eigenvalue weighted by molar-refractivity contribution is 6.68. The van der Waals surface area contributed by atoms with Crippen LogP contribution < -0.4 is 0 Å². The van der Waals surface area contributed by atoms with Crippen molar-refractivity contribution in [2.75, 3.05) is 0 Å². The van der Waals surface area contributed by atoms with Gasteiger partial charge < -0.3 is 0 Å². The molecule has 0 aliphatic rings. The monoisotopic (exact) mass is 250 g/mol. The lowest BCUT2D eigenvalue weighted by Gasteiger charge is -2.12. The fourth-order valence-corrected chi connectivity index (χ4v) is 1.46. The van der Waals surface area contributed by atoms with Gasteiger partial charge in [-0.15, -0.1) is 0 Å². The fourth-order valence-electron chi connectivity index (χ4n) is 1.30. The first-order chi connectivity index (χ1) is 7.27. The highest BCUT2D eigenvalue weighted by Gasteiger charge is 2.33. The van der Waals surface area contributed by atoms with E-state index in [4.69, 9.17) is 11.6 Å². The van der Waals surface area contributed by atoms with Crippen LogP contribution in [0.5, 0.6) is 0 Å². The van der Waals surface area contributed by atoms with Crippen molar-refractivity contribution in [3.05, 3.63) is 34.4 Å². The molecule has 0 spiro atoms. The van der Waals surface area contributed by atoms with E-state index in [1.165, 1.54) is 6.92 Å². The van der Waals surface area contributed by atoms with E-state index in [9.17, 15) is 22.8 Å². The lowest BCUT2D eigenvalue weighted by Crippen LogP contribution is -2.10. The Balaban J connectivity index is 3.49. The first kappa shape index (κ1) is 12.7. The number of aryl methyl sites for hydroxylation is 1. The maximum atomic E-state index is 12.5. The molecular formula is C10H6ClF3O2. The van der Waals surface area contributed by atoms with E-state index < -0.39 is 17.0 Å². The number of aldehydes is 1. The molecule has 0 fully saturated rings. The average molecular weight is 251 g/mol. The van der Waals surface area contributed by atoms with E-state index >= 15 is 0 Å². The Hall–Kier alpha value is -1.36. The molecule has 1 aromatic rings. The molecule has 0 amide bonds. The molecule has 6 heteroatoms. The van der Waals surface area contributed by atoms with Crippen LogP contribution in [0.1, 0.15) is 31.8 Å². The van der Waals surface area contributed by atoms with Gasteiger partial charge in [-0.25, -0.2) is 0 Å². The van der Waals surface area contributed by atoms with Crippen LogP contribution in [0.2, 0.25) is 0 Å². The summed E-state index contributed by atoms with van der Waals surface area (Å²) >= 11 is 5.15. The number of carbonyl (C=O) groups is 2. The third-order valence-corrected chi connectivity index (χ3v) is 2.24. The minimum Gasteiger partial charge on any atom is -0.298 e. The van der Waals surface area contributed by atoms with Crippen LogP contribution in [0.3, 0.4) is 0 Å². The molecule has 0 aliphatic heterocycles. The highest BCUT2D eigenvalue weighted by Crippen LogP contribution is 2.33. The molecule has 1 rings (SSSR count). The molecule has 0 aliphatic carbocycles. The Labute approximate surface area is 94.0 Å². The standard InChI is InChI=1S/C10H6ClF3O2/c1-5-2-7(9(11)16)6(4-15)3-8(5)10(12,13)14/h2-4H,1H3. The summed E-state index contributed by atoms with van der Waals surface area (Å²) in [5, 5.41) is -0.959. The van der Waals surface area contributed by atoms with Gasteiger partial charge in [0.1, 0.15) is 0 Å². The number of hydrogen-bond acceptors (Lipinski definition) is 2. The maximum absolute atomic E-state index is 12.5. The van der Waals surface area contributed by atoms with Crippen LogP contribution in [0.25, 0.3) is 0 Å². The molecule has 86 valence electrons. The van der Waals surface area contributed by atoms with E-state index in [-0.39, 0.29) is 23.0 Å². The number of carbonyl (C=O) groups excluding carboxylic acids is 2. The zero-order valence-corrected chi connectivity index (χ0v) is 8.82. The van der Waals surface area contributed by atoms with E-state index in [2.05, 4.69) is 0 Å². The van der Waals surface area contributed by atoms with Crippen molar-refractivity contribution in [3.63, 3.8) is 0 Å². The van der Waals surface area contributed by atoms with Gasteiger partial charge in [0.05, 0.1) is 5.56 Å². The quantitative estimate of drug-likeness (QED) is 0.597. The van der Waals surface area contributed by atoms with E-state index in [0.717, 1.165) is 6.07 Å². The molecular weight excluding hydrogens is 245 g/mol. The Morgan fingerprint density at radius 1 is 1.38 bits per heavy atom. The van der Waals surface area contributed by atoms with Gasteiger partial charge in [0.15, 0.2) is 6.29 Å². The summed E-state index contributed by atoms with van der Waals surface area (Å²) in [6, 6.07) is 1.58. The van der Waals surface area contributed by atoms with Gasteiger partial charge in [-0.05, 0) is 36.2 Å². The van der Waals surface area contributed by atoms with E-state index in [0.29, 0.717) is 6.07 Å². The van der Waals surface area contributed by atoms with Crippen LogP contribution >= 0.6 is 11.6 Å². The first-order valence-corrected chi connectivity index (χ1v) is 4.52. The molecule has 0 radical (unpaired) electrons. The Kier molecular flexibility index (Phi) is 3.38. The summed E-state index contributed by atoms with van der Waals surface area (Å²) in [6.07, 6.45) is -4.39. The van der Waals surface area contributed by atoms with Crippen LogP contribution in [-0.4, -0.2) is 11.5 Å². The lowest BCUT2D eigenvalue weighted by molar-refractivity contribution is -0.138. The third-order valence-electron chi connectivity index (χ3n) is 2.04. The fraction of sp³-hybridized carbons (Fsp3) is 0.200. The molecule has 0 atom stereocenters. The second-order valence-electron chi connectivity index (χ2n) is 3.14. The predicted molar refractivity (Wildman–Crippen MR) is 51.8 cm³/mol. The molecule has 1 aromatic carbocycles. The second-order valence-corrected chi connectivity index (χ2v) is 3.49. The number of benzene rings is 1. The van der Waals surface area contributed by atoms with E-state index in [1.54, 1.807) is 0 Å². The number of halogens is 4. The molecule has 0 aromatic heterocycles. The molecule has 16 heavy (non-hydrogen) atoms. The third kappa shape index (κ3) is 2.41. The van der Waals surface area contributed by atoms with Crippen molar-refractivity contribution in [3.8, 4) is 0 Å². The molecule has 0 saturated heterocycles. The van der Waals surface area contributed by atoms with Gasteiger partial charge in [0.25, 0.3) is 5.24 Å². The minimum atomic E-state index is -4.56. The van der Waals surface area contributed by atoms with Crippen LogP contribution in [0.15, 0.2) is 12.1 Å². The first-order valence-electron chi connectivity index (χ1n) is 4.14. The summed E-state index contributed by atoms with van der Waals surface area (Å²) in [4.78, 5) is 21.4. The Morgan fingerprint density at radius 2 is 1.94 bits per heavy atom. The van der Waals surface area contributed by atoms with Gasteiger partial charge in [-0.1, -0.05) is 0 Å². The minimum absolute atomic E-state index is 0.151. The predicted octanol–water partition coefficient (Wildman–Crippen LogP) is 3.21. The molecule has 0 unspecified atom stereocenters. The van der Waals surface area contributed by atoms with Gasteiger partial charge in [-0.2, -0.15) is 13.2 Å². The Morgan fingerprint density at radius 3 is 2.31 bits per heavy atom. The summed E-state index contributed by atoms with van der Waals surface area (Å²) in [6.45, 7) is 1.20. The normalized spacial score (nSPS) is 11.3. The molecule has 2 nitrogen and oxygen atoms in total. The van der Waals surface area contributed by atoms with Crippen molar-refractivity contribution in [2.24, 2.45) is 0 Å². The highest BCUT2D eigenvalue weighted by atomic mass is 35.5. The number of rotatable bonds is 2. The SMILES string of the molecule is Cc1cc(C(=O)Cl)c(C=O)cc1C(F)(F)F. The smallest absolute Gasteiger partial charge is 0.298 e. The molecule has 0 bridgehead atoms. The molecule has 0 saturated carbocycles. The summed E-state index contributed by atoms with van der Waals surface area (Å²) in [7, 11) is 0. The summed E-state index contributed by atoms with van der Waals surface area (Å²) < 4.78 is 37.4. The maximum Gasteiger partial charge on any atom is 0.416 e. The van der Waals surface area contributed by atoms with Crippen molar-refractivity contribution in [2.45, 2.75) is 13.1 Å². The van der Waals surface area contributed by atoms with E-state index in [1.807, 2.05) is 0 Å². The topological polar surface area (TPSA) is 34.1 Å². The van der Waals surface area contributed by atoms with Crippen LogP contribution in [-0.2, 0) is 6.18 Å². The van der Waals surface area contributed by atoms with Gasteiger partial charge >= 0.3 is 6.18 Å². The van der Waals surface area contributed by atoms with Crippen molar-refractivity contribution >= 4 is 23.1 Å². The summed E-state index contributed by atoms with van der Waals surface area (Å²) in [5.74, 6) is 0. The Bertz CT molecular complexity index is 452. The second kappa shape index (κ2) is 4.25. The average Bonchev–Trinajstić information content (AvgIpc) is 2.15. The molecule has 0 N–H and O–H groups in total. The zero-order valence-electron chi connectivity index (χ0n) is 8.06. The summed E-state index contributed by atoms with van der Waals surface area (Å²) in [5.41, 5.74) is -1.68. The largest absolute Gasteiger partial charge is 0.416 e. The zero-order chi connectivity index (χ0) is 12.5. The van der Waals surface area contributed by atoms with Crippen molar-refractivity contribution in [1.29, 1.82) is 0 Å². The van der Waals surface area contributed by atoms with Gasteiger partial charge in [-0.3, -0.25) is 9.59 Å². The van der Waals surface area contributed by atoms with Gasteiger partial charge in [0, 0.05) is 11.1 Å². The van der Waals surface area contributed by atoms with Crippen LogP contribution in [0, 0.1) is 6.92 Å². The van der Waals surface area contributed by atoms with Crippen molar-refractivity contribution in [1.82, 2.24) is 0 Å². The van der Waals surface area contributed by atoms with Crippen molar-refractivity contribution < 1.29 is 22.8 Å². The lowest BCUT2D eigenvalue weighted by atomic mass is 10.00. The van der Waals surface area contributed by atoms with Crippen LogP contribution in [0.4, 0.5) is 13.2 Å². The molecule has 0 heterocycles. The number of hydrogen-bond donors (Lipinski definition) is 0. The van der Waals surface area contributed by atoms with Gasteiger partial charge in [0.2, 0.25) is 0 Å².